The fourth-order valence-corrected chi connectivity index (χ4v) is 1.94. The van der Waals surface area contributed by atoms with Gasteiger partial charge in [0.05, 0.1) is 6.61 Å². The van der Waals surface area contributed by atoms with Crippen LogP contribution >= 0.6 is 11.8 Å². The molecule has 0 unspecified atom stereocenters. The van der Waals surface area contributed by atoms with E-state index in [9.17, 15) is 0 Å². The molecular weight excluding hydrogens is 226 g/mol. The molecular formula is C11H15NO3S. The third-order valence-corrected chi connectivity index (χ3v) is 3.08. The van der Waals surface area contributed by atoms with Gasteiger partial charge in [0, 0.05) is 24.1 Å². The first-order chi connectivity index (χ1) is 7.90. The summed E-state index contributed by atoms with van der Waals surface area (Å²) in [5.41, 5.74) is 5.39. The highest BCUT2D eigenvalue weighted by Crippen LogP contribution is 2.35. The molecule has 0 radical (unpaired) electrons. The number of fused-ring (bicyclic) bond motifs is 1. The highest BCUT2D eigenvalue weighted by Gasteiger charge is 2.13. The number of hydrogen-bond donors (Lipinski definition) is 1. The molecule has 2 N–H and O–H groups in total. The molecule has 0 atom stereocenters. The Labute approximate surface area is 99.1 Å². The maximum Gasteiger partial charge on any atom is 0.231 e. The molecule has 1 aromatic rings. The number of hydrogen-bond acceptors (Lipinski definition) is 5. The molecule has 4 nitrogen and oxygen atoms in total. The van der Waals surface area contributed by atoms with Gasteiger partial charge < -0.3 is 19.9 Å². The lowest BCUT2D eigenvalue weighted by Gasteiger charge is -2.06. The summed E-state index contributed by atoms with van der Waals surface area (Å²) in [6.45, 7) is 1.70. The summed E-state index contributed by atoms with van der Waals surface area (Å²) in [5, 5.41) is 0. The minimum atomic E-state index is 0.297. The average Bonchev–Trinajstić information content (AvgIpc) is 2.76. The quantitative estimate of drug-likeness (QED) is 0.765. The van der Waals surface area contributed by atoms with Crippen LogP contribution in [-0.4, -0.2) is 31.5 Å². The molecule has 0 saturated heterocycles. The van der Waals surface area contributed by atoms with Crippen molar-refractivity contribution in [3.05, 3.63) is 18.2 Å². The van der Waals surface area contributed by atoms with Crippen molar-refractivity contribution in [2.45, 2.75) is 0 Å². The van der Waals surface area contributed by atoms with E-state index < -0.39 is 0 Å². The van der Waals surface area contributed by atoms with Crippen molar-refractivity contribution >= 4 is 11.8 Å². The standard InChI is InChI=1S/C11H15NO3S/c12-3-5-16-6-4-13-9-1-2-10-11(7-9)15-8-14-10/h1-2,7H,3-6,8,12H2. The third kappa shape index (κ3) is 2.96. The molecule has 0 spiro atoms. The SMILES string of the molecule is NCCSCCOc1ccc2c(c1)OCO2. The number of rotatable bonds is 6. The van der Waals surface area contributed by atoms with E-state index in [1.165, 1.54) is 0 Å². The summed E-state index contributed by atoms with van der Waals surface area (Å²) in [4.78, 5) is 0. The summed E-state index contributed by atoms with van der Waals surface area (Å²) in [6.07, 6.45) is 0. The number of thioether (sulfide) groups is 1. The van der Waals surface area contributed by atoms with Gasteiger partial charge in [0.15, 0.2) is 11.5 Å². The molecule has 0 aromatic heterocycles. The second kappa shape index (κ2) is 5.86. The van der Waals surface area contributed by atoms with Gasteiger partial charge in [-0.05, 0) is 12.1 Å². The van der Waals surface area contributed by atoms with Gasteiger partial charge in [0.1, 0.15) is 5.75 Å². The summed E-state index contributed by atoms with van der Waals surface area (Å²) in [7, 11) is 0. The van der Waals surface area contributed by atoms with Crippen LogP contribution in [0.3, 0.4) is 0 Å². The van der Waals surface area contributed by atoms with Gasteiger partial charge in [-0.15, -0.1) is 0 Å². The Morgan fingerprint density at radius 2 is 2.12 bits per heavy atom. The molecule has 0 fully saturated rings. The molecule has 0 amide bonds. The van der Waals surface area contributed by atoms with Gasteiger partial charge in [0.25, 0.3) is 0 Å². The summed E-state index contributed by atoms with van der Waals surface area (Å²) < 4.78 is 16.1. The fourth-order valence-electron chi connectivity index (χ4n) is 1.37. The maximum absolute atomic E-state index is 5.58. The first kappa shape index (κ1) is 11.4. The normalized spacial score (nSPS) is 12.8. The monoisotopic (exact) mass is 241 g/mol. The van der Waals surface area contributed by atoms with Crippen LogP contribution in [0.15, 0.2) is 18.2 Å². The van der Waals surface area contributed by atoms with Crippen molar-refractivity contribution in [2.75, 3.05) is 31.5 Å². The van der Waals surface area contributed by atoms with Crippen molar-refractivity contribution in [3.63, 3.8) is 0 Å². The zero-order valence-corrected chi connectivity index (χ0v) is 9.79. The Balaban J connectivity index is 1.77. The zero-order valence-electron chi connectivity index (χ0n) is 8.98. The van der Waals surface area contributed by atoms with E-state index in [1.54, 1.807) is 11.8 Å². The molecule has 1 heterocycles. The molecule has 0 aliphatic carbocycles. The van der Waals surface area contributed by atoms with Crippen molar-refractivity contribution in [1.82, 2.24) is 0 Å². The second-order valence-corrected chi connectivity index (χ2v) is 4.49. The molecule has 0 saturated carbocycles. The molecule has 0 bridgehead atoms. The van der Waals surface area contributed by atoms with Crippen LogP contribution in [0.25, 0.3) is 0 Å². The van der Waals surface area contributed by atoms with Crippen LogP contribution in [0, 0.1) is 0 Å². The van der Waals surface area contributed by atoms with Crippen LogP contribution in [0.1, 0.15) is 0 Å². The predicted molar refractivity (Wildman–Crippen MR) is 64.4 cm³/mol. The number of benzene rings is 1. The highest BCUT2D eigenvalue weighted by molar-refractivity contribution is 7.99. The molecule has 5 heteroatoms. The summed E-state index contributed by atoms with van der Waals surface area (Å²) in [5.74, 6) is 4.28. The lowest BCUT2D eigenvalue weighted by molar-refractivity contribution is 0.174. The third-order valence-electron chi connectivity index (χ3n) is 2.10. The molecule has 16 heavy (non-hydrogen) atoms. The predicted octanol–water partition coefficient (Wildman–Crippen LogP) is 1.49. The Hall–Kier alpha value is -1.07. The molecule has 1 aromatic carbocycles. The van der Waals surface area contributed by atoms with E-state index in [1.807, 2.05) is 18.2 Å². The molecule has 2 rings (SSSR count). The van der Waals surface area contributed by atoms with E-state index >= 15 is 0 Å². The van der Waals surface area contributed by atoms with Gasteiger partial charge in [-0.25, -0.2) is 0 Å². The summed E-state index contributed by atoms with van der Waals surface area (Å²) in [6, 6.07) is 5.61. The van der Waals surface area contributed by atoms with Crippen molar-refractivity contribution in [3.8, 4) is 17.2 Å². The van der Waals surface area contributed by atoms with Crippen LogP contribution in [0.2, 0.25) is 0 Å². The van der Waals surface area contributed by atoms with Gasteiger partial charge >= 0.3 is 0 Å². The lowest BCUT2D eigenvalue weighted by atomic mass is 10.3. The second-order valence-electron chi connectivity index (χ2n) is 3.26. The number of nitrogens with two attached hydrogens (primary N) is 1. The van der Waals surface area contributed by atoms with Crippen LogP contribution in [-0.2, 0) is 0 Å². The van der Waals surface area contributed by atoms with Gasteiger partial charge in [-0.3, -0.25) is 0 Å². The van der Waals surface area contributed by atoms with Crippen LogP contribution in [0.5, 0.6) is 17.2 Å². The van der Waals surface area contributed by atoms with Crippen molar-refractivity contribution in [2.24, 2.45) is 5.73 Å². The van der Waals surface area contributed by atoms with Gasteiger partial charge in [-0.1, -0.05) is 0 Å². The first-order valence-electron chi connectivity index (χ1n) is 5.20. The Morgan fingerprint density at radius 1 is 1.25 bits per heavy atom. The van der Waals surface area contributed by atoms with E-state index in [4.69, 9.17) is 19.9 Å². The Bertz CT molecular complexity index is 346. The topological polar surface area (TPSA) is 53.7 Å². The van der Waals surface area contributed by atoms with Crippen molar-refractivity contribution < 1.29 is 14.2 Å². The van der Waals surface area contributed by atoms with E-state index in [0.717, 1.165) is 28.8 Å². The van der Waals surface area contributed by atoms with Crippen molar-refractivity contribution in [1.29, 1.82) is 0 Å². The highest BCUT2D eigenvalue weighted by atomic mass is 32.2. The summed E-state index contributed by atoms with van der Waals surface area (Å²) >= 11 is 1.79. The minimum absolute atomic E-state index is 0.297. The van der Waals surface area contributed by atoms with Gasteiger partial charge in [0.2, 0.25) is 6.79 Å². The molecule has 88 valence electrons. The molecule has 1 aliphatic rings. The van der Waals surface area contributed by atoms with Crippen LogP contribution < -0.4 is 19.9 Å². The Morgan fingerprint density at radius 3 is 3.00 bits per heavy atom. The zero-order chi connectivity index (χ0) is 11.2. The van der Waals surface area contributed by atoms with E-state index in [-0.39, 0.29) is 0 Å². The smallest absolute Gasteiger partial charge is 0.231 e. The molecule has 1 aliphatic heterocycles. The Kier molecular flexibility index (Phi) is 4.18. The fraction of sp³-hybridized carbons (Fsp3) is 0.455. The van der Waals surface area contributed by atoms with E-state index in [2.05, 4.69) is 0 Å². The minimum Gasteiger partial charge on any atom is -0.493 e. The van der Waals surface area contributed by atoms with E-state index in [0.29, 0.717) is 19.9 Å². The largest absolute Gasteiger partial charge is 0.493 e. The average molecular weight is 241 g/mol. The lowest BCUT2D eigenvalue weighted by Crippen LogP contribution is -2.05. The number of ether oxygens (including phenoxy) is 3. The first-order valence-corrected chi connectivity index (χ1v) is 6.36. The van der Waals surface area contributed by atoms with Crippen LogP contribution in [0.4, 0.5) is 0 Å². The maximum atomic E-state index is 5.58. The van der Waals surface area contributed by atoms with Gasteiger partial charge in [-0.2, -0.15) is 11.8 Å².